The number of fused-ring (bicyclic) bond motifs is 1. The second-order valence-electron chi connectivity index (χ2n) is 9.92. The lowest BCUT2D eigenvalue weighted by Crippen LogP contribution is -2.44. The second-order valence-corrected chi connectivity index (χ2v) is 10.3. The van der Waals surface area contributed by atoms with Gasteiger partial charge in [0.05, 0.1) is 16.8 Å². The van der Waals surface area contributed by atoms with Gasteiger partial charge in [0.15, 0.2) is 17.3 Å². The molecule has 43 heavy (non-hydrogen) atoms. The number of hydrogen-bond acceptors (Lipinski definition) is 7. The number of carbonyl (C=O) groups is 3. The topological polar surface area (TPSA) is 131 Å². The summed E-state index contributed by atoms with van der Waals surface area (Å²) < 4.78 is 15.8. The summed E-state index contributed by atoms with van der Waals surface area (Å²) in [6, 6.07) is 15.0. The van der Waals surface area contributed by atoms with Gasteiger partial charge in [-0.25, -0.2) is 23.8 Å². The molecule has 0 bridgehead atoms. The number of amides is 1. The molecule has 10 nitrogen and oxygen atoms in total. The van der Waals surface area contributed by atoms with Crippen LogP contribution in [0.3, 0.4) is 0 Å². The molecule has 12 heteroatoms. The normalized spacial score (nSPS) is 14.3. The van der Waals surface area contributed by atoms with Gasteiger partial charge in [-0.3, -0.25) is 9.59 Å². The van der Waals surface area contributed by atoms with Gasteiger partial charge < -0.3 is 10.0 Å². The maximum atomic E-state index is 14.6. The van der Waals surface area contributed by atoms with E-state index in [0.717, 1.165) is 21.4 Å². The predicted octanol–water partition coefficient (Wildman–Crippen LogP) is 4.77. The van der Waals surface area contributed by atoms with Gasteiger partial charge in [0.2, 0.25) is 0 Å². The molecule has 0 saturated carbocycles. The van der Waals surface area contributed by atoms with E-state index in [2.05, 4.69) is 20.3 Å². The minimum absolute atomic E-state index is 0.0233. The van der Waals surface area contributed by atoms with Gasteiger partial charge in [0.25, 0.3) is 5.91 Å². The molecule has 2 aromatic heterocycles. The summed E-state index contributed by atoms with van der Waals surface area (Å²) in [6.07, 6.45) is 6.51. The SMILES string of the molecule is O=C(O)c1ccc(CC(=O)[C@@H]2c3cccc(-c4cncnc4)c3CCN2C(=O)c2cn(-c3cccc(Cl)c3F)nn2)cc1. The Balaban J connectivity index is 1.38. The highest BCUT2D eigenvalue weighted by molar-refractivity contribution is 6.30. The number of carboxylic acids is 1. The van der Waals surface area contributed by atoms with E-state index in [-0.39, 0.29) is 40.7 Å². The third-order valence-corrected chi connectivity index (χ3v) is 7.62. The van der Waals surface area contributed by atoms with Crippen molar-refractivity contribution in [3.63, 3.8) is 0 Å². The van der Waals surface area contributed by atoms with Crippen LogP contribution in [0.2, 0.25) is 5.02 Å². The van der Waals surface area contributed by atoms with Crippen LogP contribution in [-0.2, 0) is 17.6 Å². The van der Waals surface area contributed by atoms with Crippen LogP contribution in [0.5, 0.6) is 0 Å². The van der Waals surface area contributed by atoms with Crippen LogP contribution >= 0.6 is 11.6 Å². The number of Topliss-reactive ketones (excluding diaryl/α,β-unsaturated/α-hetero) is 1. The smallest absolute Gasteiger partial charge is 0.335 e. The van der Waals surface area contributed by atoms with E-state index < -0.39 is 23.7 Å². The van der Waals surface area contributed by atoms with E-state index in [4.69, 9.17) is 11.6 Å². The summed E-state index contributed by atoms with van der Waals surface area (Å²) in [5.41, 5.74) is 3.84. The number of aromatic nitrogens is 5. The van der Waals surface area contributed by atoms with Crippen LogP contribution in [0.25, 0.3) is 16.8 Å². The summed E-state index contributed by atoms with van der Waals surface area (Å²) in [7, 11) is 0. The minimum Gasteiger partial charge on any atom is -0.478 e. The molecule has 1 aliphatic rings. The molecule has 5 aromatic rings. The lowest BCUT2D eigenvalue weighted by atomic mass is 9.84. The standard InChI is InChI=1S/C31H22ClFN6O4/c32-24-5-2-6-26(28(24)33)39-16-25(36-37-39)30(41)38-12-11-22-21(20-14-34-17-35-15-20)3-1-4-23(22)29(38)27(40)13-18-7-9-19(10-8-18)31(42)43/h1-10,14-17,29H,11-13H2,(H,42,43)/t29-/m0/s1. The summed E-state index contributed by atoms with van der Waals surface area (Å²) in [4.78, 5) is 48.9. The zero-order chi connectivity index (χ0) is 30.1. The van der Waals surface area contributed by atoms with Gasteiger partial charge in [0.1, 0.15) is 18.1 Å². The van der Waals surface area contributed by atoms with Crippen molar-refractivity contribution >= 4 is 29.3 Å². The van der Waals surface area contributed by atoms with Crippen molar-refractivity contribution in [2.45, 2.75) is 18.9 Å². The van der Waals surface area contributed by atoms with Crippen LogP contribution in [0.15, 0.2) is 85.6 Å². The summed E-state index contributed by atoms with van der Waals surface area (Å²) in [5, 5.41) is 17.1. The highest BCUT2D eigenvalue weighted by Gasteiger charge is 2.38. The van der Waals surface area contributed by atoms with E-state index in [1.807, 2.05) is 18.2 Å². The van der Waals surface area contributed by atoms with Gasteiger partial charge in [0, 0.05) is 30.9 Å². The Labute approximate surface area is 249 Å². The van der Waals surface area contributed by atoms with Crippen LogP contribution in [0.1, 0.15) is 43.6 Å². The first-order valence-corrected chi connectivity index (χ1v) is 13.6. The number of nitrogens with zero attached hydrogens (tertiary/aromatic N) is 6. The molecule has 3 heterocycles. The molecule has 1 N–H and O–H groups in total. The predicted molar refractivity (Wildman–Crippen MR) is 153 cm³/mol. The van der Waals surface area contributed by atoms with Gasteiger partial charge in [-0.05, 0) is 52.9 Å². The van der Waals surface area contributed by atoms with Gasteiger partial charge >= 0.3 is 5.97 Å². The Morgan fingerprint density at radius 3 is 2.49 bits per heavy atom. The highest BCUT2D eigenvalue weighted by atomic mass is 35.5. The zero-order valence-corrected chi connectivity index (χ0v) is 23.1. The number of aromatic carboxylic acids is 1. The van der Waals surface area contributed by atoms with Crippen molar-refractivity contribution in [1.82, 2.24) is 29.9 Å². The molecule has 0 radical (unpaired) electrons. The highest BCUT2D eigenvalue weighted by Crippen LogP contribution is 2.37. The Morgan fingerprint density at radius 1 is 1.00 bits per heavy atom. The lowest BCUT2D eigenvalue weighted by molar-refractivity contribution is -0.123. The average Bonchev–Trinajstić information content (AvgIpc) is 3.52. The van der Waals surface area contributed by atoms with E-state index in [1.54, 1.807) is 30.6 Å². The largest absolute Gasteiger partial charge is 0.478 e. The molecule has 0 aliphatic carbocycles. The molecule has 1 atom stereocenters. The lowest BCUT2D eigenvalue weighted by Gasteiger charge is -2.37. The fourth-order valence-corrected chi connectivity index (χ4v) is 5.47. The maximum Gasteiger partial charge on any atom is 0.335 e. The molecular weight excluding hydrogens is 575 g/mol. The number of carbonyl (C=O) groups excluding carboxylic acids is 2. The monoisotopic (exact) mass is 596 g/mol. The van der Waals surface area contributed by atoms with Crippen molar-refractivity contribution in [2.75, 3.05) is 6.54 Å². The molecule has 1 aliphatic heterocycles. The fourth-order valence-electron chi connectivity index (χ4n) is 5.30. The van der Waals surface area contributed by atoms with E-state index >= 15 is 0 Å². The van der Waals surface area contributed by atoms with Crippen molar-refractivity contribution in [3.8, 4) is 16.8 Å². The van der Waals surface area contributed by atoms with Crippen molar-refractivity contribution < 1.29 is 23.9 Å². The first-order valence-electron chi connectivity index (χ1n) is 13.2. The van der Waals surface area contributed by atoms with Gasteiger partial charge in [-0.1, -0.05) is 53.2 Å². The number of carboxylic acid groups (broad SMARTS) is 1. The van der Waals surface area contributed by atoms with Crippen molar-refractivity contribution in [2.24, 2.45) is 0 Å². The molecule has 0 unspecified atom stereocenters. The molecule has 0 fully saturated rings. The number of rotatable bonds is 7. The number of halogens is 2. The Kier molecular flexibility index (Phi) is 7.47. The summed E-state index contributed by atoms with van der Waals surface area (Å²) >= 11 is 5.92. The quantitative estimate of drug-likeness (QED) is 0.284. The minimum atomic E-state index is -1.07. The first kappa shape index (κ1) is 27.9. The Hall–Kier alpha value is -5.29. The first-order chi connectivity index (χ1) is 20.8. The molecule has 3 aromatic carbocycles. The number of benzene rings is 3. The van der Waals surface area contributed by atoms with Gasteiger partial charge in [-0.15, -0.1) is 5.10 Å². The van der Waals surface area contributed by atoms with E-state index in [9.17, 15) is 23.9 Å². The third-order valence-electron chi connectivity index (χ3n) is 7.33. The number of hydrogen-bond donors (Lipinski definition) is 1. The summed E-state index contributed by atoms with van der Waals surface area (Å²) in [6.45, 7) is 0.198. The second kappa shape index (κ2) is 11.5. The van der Waals surface area contributed by atoms with E-state index in [0.29, 0.717) is 17.5 Å². The van der Waals surface area contributed by atoms with Crippen LogP contribution in [0.4, 0.5) is 4.39 Å². The summed E-state index contributed by atoms with van der Waals surface area (Å²) in [5.74, 6) is -2.60. The average molecular weight is 597 g/mol. The third kappa shape index (κ3) is 5.38. The van der Waals surface area contributed by atoms with Crippen molar-refractivity contribution in [1.29, 1.82) is 0 Å². The van der Waals surface area contributed by atoms with Crippen molar-refractivity contribution in [3.05, 3.63) is 124 Å². The number of ketones is 1. The maximum absolute atomic E-state index is 14.6. The van der Waals surface area contributed by atoms with Crippen LogP contribution in [-0.4, -0.2) is 59.2 Å². The Bertz CT molecular complexity index is 1860. The Morgan fingerprint density at radius 2 is 1.74 bits per heavy atom. The molecule has 6 rings (SSSR count). The zero-order valence-electron chi connectivity index (χ0n) is 22.4. The molecule has 1 amide bonds. The van der Waals surface area contributed by atoms with Crippen LogP contribution in [0, 0.1) is 5.82 Å². The molecule has 0 spiro atoms. The molecular formula is C31H22ClFN6O4. The van der Waals surface area contributed by atoms with E-state index in [1.165, 1.54) is 41.7 Å². The van der Waals surface area contributed by atoms with Crippen LogP contribution < -0.4 is 0 Å². The molecule has 0 saturated heterocycles. The molecule has 214 valence electrons. The van der Waals surface area contributed by atoms with Gasteiger partial charge in [-0.2, -0.15) is 0 Å². The fraction of sp³-hybridized carbons (Fsp3) is 0.129.